The van der Waals surface area contributed by atoms with Gasteiger partial charge in [-0.05, 0) is 11.4 Å². The molecule has 1 aliphatic heterocycles. The van der Waals surface area contributed by atoms with Crippen molar-refractivity contribution in [1.29, 1.82) is 0 Å². The van der Waals surface area contributed by atoms with Gasteiger partial charge in [0, 0.05) is 13.1 Å². The number of thiophene rings is 1. The summed E-state index contributed by atoms with van der Waals surface area (Å²) < 4.78 is 5.33. The Labute approximate surface area is 109 Å². The van der Waals surface area contributed by atoms with E-state index in [1.54, 1.807) is 11.3 Å². The number of ether oxygens (including phenoxy) is 1. The SMILES string of the molecule is NNc1nc(CN2CCOCC2)nc2sccc12. The van der Waals surface area contributed by atoms with Crippen LogP contribution in [0.4, 0.5) is 5.82 Å². The van der Waals surface area contributed by atoms with Crippen LogP contribution < -0.4 is 11.3 Å². The normalized spacial score (nSPS) is 17.2. The van der Waals surface area contributed by atoms with Crippen molar-refractivity contribution in [3.05, 3.63) is 17.3 Å². The average molecular weight is 265 g/mol. The number of rotatable bonds is 3. The number of morpholine rings is 1. The van der Waals surface area contributed by atoms with Gasteiger partial charge in [-0.1, -0.05) is 0 Å². The van der Waals surface area contributed by atoms with Crippen molar-refractivity contribution in [2.24, 2.45) is 5.84 Å². The van der Waals surface area contributed by atoms with Crippen molar-refractivity contribution in [3.63, 3.8) is 0 Å². The molecule has 2 aromatic heterocycles. The summed E-state index contributed by atoms with van der Waals surface area (Å²) in [6.45, 7) is 4.16. The molecule has 0 radical (unpaired) electrons. The minimum Gasteiger partial charge on any atom is -0.379 e. The maximum atomic E-state index is 5.51. The summed E-state index contributed by atoms with van der Waals surface area (Å²) in [5.74, 6) is 7.01. The van der Waals surface area contributed by atoms with Crippen LogP contribution in [0.3, 0.4) is 0 Å². The summed E-state index contributed by atoms with van der Waals surface area (Å²) in [7, 11) is 0. The molecule has 3 heterocycles. The zero-order chi connectivity index (χ0) is 12.4. The predicted molar refractivity (Wildman–Crippen MR) is 71.3 cm³/mol. The zero-order valence-corrected chi connectivity index (χ0v) is 10.7. The van der Waals surface area contributed by atoms with E-state index in [-0.39, 0.29) is 0 Å². The fourth-order valence-electron chi connectivity index (χ4n) is 2.04. The Morgan fingerprint density at radius 1 is 1.39 bits per heavy atom. The zero-order valence-electron chi connectivity index (χ0n) is 9.93. The molecule has 96 valence electrons. The van der Waals surface area contributed by atoms with Gasteiger partial charge in [-0.3, -0.25) is 4.90 Å². The predicted octanol–water partition coefficient (Wildman–Crippen LogP) is 0.809. The highest BCUT2D eigenvalue weighted by Gasteiger charge is 2.14. The summed E-state index contributed by atoms with van der Waals surface area (Å²) in [5.41, 5.74) is 2.65. The maximum Gasteiger partial charge on any atom is 0.152 e. The van der Waals surface area contributed by atoms with E-state index >= 15 is 0 Å². The molecule has 0 saturated carbocycles. The minimum atomic E-state index is 0.699. The number of nitrogens with one attached hydrogen (secondary N) is 1. The van der Waals surface area contributed by atoms with Crippen LogP contribution in [0.2, 0.25) is 0 Å². The van der Waals surface area contributed by atoms with E-state index in [4.69, 9.17) is 10.6 Å². The monoisotopic (exact) mass is 265 g/mol. The Morgan fingerprint density at radius 2 is 2.22 bits per heavy atom. The molecule has 0 bridgehead atoms. The first-order chi connectivity index (χ1) is 8.86. The van der Waals surface area contributed by atoms with Crippen molar-refractivity contribution in [3.8, 4) is 0 Å². The second-order valence-electron chi connectivity index (χ2n) is 4.16. The van der Waals surface area contributed by atoms with E-state index in [1.165, 1.54) is 0 Å². The van der Waals surface area contributed by atoms with Gasteiger partial charge in [0.25, 0.3) is 0 Å². The second-order valence-corrected chi connectivity index (χ2v) is 5.06. The largest absolute Gasteiger partial charge is 0.379 e. The van der Waals surface area contributed by atoms with Gasteiger partial charge >= 0.3 is 0 Å². The molecule has 3 rings (SSSR count). The molecule has 0 aliphatic carbocycles. The van der Waals surface area contributed by atoms with Gasteiger partial charge in [-0.25, -0.2) is 15.8 Å². The lowest BCUT2D eigenvalue weighted by atomic mass is 10.3. The number of fused-ring (bicyclic) bond motifs is 1. The van der Waals surface area contributed by atoms with Crippen LogP contribution in [-0.2, 0) is 11.3 Å². The third-order valence-corrected chi connectivity index (χ3v) is 3.78. The fourth-order valence-corrected chi connectivity index (χ4v) is 2.82. The first kappa shape index (κ1) is 11.8. The maximum absolute atomic E-state index is 5.51. The summed E-state index contributed by atoms with van der Waals surface area (Å²) >= 11 is 1.60. The molecule has 2 aromatic rings. The molecule has 1 aliphatic rings. The Kier molecular flexibility index (Phi) is 3.37. The van der Waals surface area contributed by atoms with Crippen LogP contribution in [0.5, 0.6) is 0 Å². The summed E-state index contributed by atoms with van der Waals surface area (Å²) in [6.07, 6.45) is 0. The minimum absolute atomic E-state index is 0.699. The van der Waals surface area contributed by atoms with Crippen molar-refractivity contribution in [1.82, 2.24) is 14.9 Å². The summed E-state index contributed by atoms with van der Waals surface area (Å²) in [4.78, 5) is 12.3. The molecule has 1 fully saturated rings. The highest BCUT2D eigenvalue weighted by Crippen LogP contribution is 2.24. The number of nitrogens with zero attached hydrogens (tertiary/aromatic N) is 3. The first-order valence-corrected chi connectivity index (χ1v) is 6.75. The van der Waals surface area contributed by atoms with Gasteiger partial charge in [0.2, 0.25) is 0 Å². The Morgan fingerprint density at radius 3 is 3.00 bits per heavy atom. The van der Waals surface area contributed by atoms with Crippen molar-refractivity contribution >= 4 is 27.4 Å². The Hall–Kier alpha value is -1.28. The fraction of sp³-hybridized carbons (Fsp3) is 0.455. The molecule has 3 N–H and O–H groups in total. The number of nitrogen functional groups attached to an aromatic ring is 1. The molecule has 0 amide bonds. The molecule has 6 nitrogen and oxygen atoms in total. The average Bonchev–Trinajstić information content (AvgIpc) is 2.87. The topological polar surface area (TPSA) is 76.3 Å². The van der Waals surface area contributed by atoms with E-state index in [9.17, 15) is 0 Å². The van der Waals surface area contributed by atoms with Crippen LogP contribution >= 0.6 is 11.3 Å². The van der Waals surface area contributed by atoms with Gasteiger partial charge in [-0.2, -0.15) is 0 Å². The van der Waals surface area contributed by atoms with Gasteiger partial charge < -0.3 is 10.2 Å². The van der Waals surface area contributed by atoms with Crippen molar-refractivity contribution in [2.75, 3.05) is 31.7 Å². The molecule has 0 aromatic carbocycles. The lowest BCUT2D eigenvalue weighted by molar-refractivity contribution is 0.0331. The van der Waals surface area contributed by atoms with Gasteiger partial charge in [0.05, 0.1) is 25.1 Å². The van der Waals surface area contributed by atoms with Crippen LogP contribution in [-0.4, -0.2) is 41.2 Å². The molecular formula is C11H15N5OS. The van der Waals surface area contributed by atoms with Crippen LogP contribution in [0.25, 0.3) is 10.2 Å². The Balaban J connectivity index is 1.86. The summed E-state index contributed by atoms with van der Waals surface area (Å²) in [6, 6.07) is 1.98. The smallest absolute Gasteiger partial charge is 0.152 e. The first-order valence-electron chi connectivity index (χ1n) is 5.87. The number of nitrogens with two attached hydrogens (primary N) is 1. The van der Waals surface area contributed by atoms with E-state index in [0.717, 1.165) is 48.9 Å². The molecule has 1 saturated heterocycles. The van der Waals surface area contributed by atoms with E-state index in [1.807, 2.05) is 11.4 Å². The van der Waals surface area contributed by atoms with Crippen LogP contribution in [0, 0.1) is 0 Å². The van der Waals surface area contributed by atoms with Crippen molar-refractivity contribution in [2.45, 2.75) is 6.54 Å². The number of aromatic nitrogens is 2. The molecule has 7 heteroatoms. The third kappa shape index (κ3) is 2.30. The molecular weight excluding hydrogens is 250 g/mol. The quantitative estimate of drug-likeness (QED) is 0.632. The number of hydrogen-bond donors (Lipinski definition) is 2. The second kappa shape index (κ2) is 5.15. The number of hydrazine groups is 1. The van der Waals surface area contributed by atoms with Gasteiger partial charge in [0.1, 0.15) is 10.7 Å². The molecule has 0 unspecified atom stereocenters. The lowest BCUT2D eigenvalue weighted by Gasteiger charge is -2.25. The Bertz CT molecular complexity index is 537. The molecule has 0 spiro atoms. The van der Waals surface area contributed by atoms with Crippen LogP contribution in [0.1, 0.15) is 5.82 Å². The van der Waals surface area contributed by atoms with Crippen LogP contribution in [0.15, 0.2) is 11.4 Å². The van der Waals surface area contributed by atoms with Gasteiger partial charge in [0.15, 0.2) is 5.82 Å². The highest BCUT2D eigenvalue weighted by atomic mass is 32.1. The standard InChI is InChI=1S/C11H15N5OS/c12-15-10-8-1-6-18-11(8)14-9(13-10)7-16-2-4-17-5-3-16/h1,6H,2-5,7,12H2,(H,13,14,15). The van der Waals surface area contributed by atoms with E-state index < -0.39 is 0 Å². The summed E-state index contributed by atoms with van der Waals surface area (Å²) in [5, 5.41) is 2.98. The van der Waals surface area contributed by atoms with Gasteiger partial charge in [-0.15, -0.1) is 11.3 Å². The number of hydrogen-bond acceptors (Lipinski definition) is 7. The molecule has 18 heavy (non-hydrogen) atoms. The third-order valence-electron chi connectivity index (χ3n) is 2.98. The van der Waals surface area contributed by atoms with E-state index in [2.05, 4.69) is 20.3 Å². The van der Waals surface area contributed by atoms with Crippen molar-refractivity contribution < 1.29 is 4.74 Å². The van der Waals surface area contributed by atoms with E-state index in [0.29, 0.717) is 5.82 Å². The number of anilines is 1. The lowest BCUT2D eigenvalue weighted by Crippen LogP contribution is -2.36. The highest BCUT2D eigenvalue weighted by molar-refractivity contribution is 7.16. The molecule has 0 atom stereocenters.